The van der Waals surface area contributed by atoms with Crippen molar-refractivity contribution in [3.8, 4) is 0 Å². The second kappa shape index (κ2) is 6.60. The zero-order chi connectivity index (χ0) is 15.6. The SMILES string of the molecule is Cc1ccc(F)c(C(Cc2c(F)ccc(Br)c2F)NN)c1. The van der Waals surface area contributed by atoms with Crippen molar-refractivity contribution < 1.29 is 13.2 Å². The van der Waals surface area contributed by atoms with Crippen molar-refractivity contribution in [3.05, 3.63) is 68.9 Å². The Labute approximate surface area is 129 Å². The van der Waals surface area contributed by atoms with E-state index in [0.29, 0.717) is 0 Å². The van der Waals surface area contributed by atoms with Crippen LogP contribution in [0.5, 0.6) is 0 Å². The molecule has 0 spiro atoms. The Morgan fingerprint density at radius 2 is 1.81 bits per heavy atom. The number of aryl methyl sites for hydroxylation is 1. The number of nitrogens with one attached hydrogen (secondary N) is 1. The molecule has 6 heteroatoms. The molecule has 0 aliphatic rings. The highest BCUT2D eigenvalue weighted by Gasteiger charge is 2.20. The van der Waals surface area contributed by atoms with Gasteiger partial charge in [0, 0.05) is 11.1 Å². The van der Waals surface area contributed by atoms with Crippen LogP contribution in [0.2, 0.25) is 0 Å². The quantitative estimate of drug-likeness (QED) is 0.493. The van der Waals surface area contributed by atoms with E-state index in [0.717, 1.165) is 11.6 Å². The maximum Gasteiger partial charge on any atom is 0.143 e. The van der Waals surface area contributed by atoms with E-state index in [1.165, 1.54) is 12.1 Å². The smallest absolute Gasteiger partial charge is 0.143 e. The van der Waals surface area contributed by atoms with Crippen LogP contribution in [0.1, 0.15) is 22.7 Å². The Morgan fingerprint density at radius 3 is 2.48 bits per heavy atom. The zero-order valence-corrected chi connectivity index (χ0v) is 12.8. The van der Waals surface area contributed by atoms with Crippen LogP contribution in [-0.4, -0.2) is 0 Å². The van der Waals surface area contributed by atoms with Crippen molar-refractivity contribution in [3.63, 3.8) is 0 Å². The first-order valence-electron chi connectivity index (χ1n) is 6.28. The van der Waals surface area contributed by atoms with Gasteiger partial charge in [-0.1, -0.05) is 17.7 Å². The van der Waals surface area contributed by atoms with Gasteiger partial charge in [-0.25, -0.2) is 13.2 Å². The first-order chi connectivity index (χ1) is 9.93. The molecule has 0 aliphatic carbocycles. The Balaban J connectivity index is 2.40. The van der Waals surface area contributed by atoms with Crippen LogP contribution in [0.25, 0.3) is 0 Å². The van der Waals surface area contributed by atoms with Gasteiger partial charge in [-0.3, -0.25) is 11.3 Å². The monoisotopic (exact) mass is 358 g/mol. The van der Waals surface area contributed by atoms with Crippen molar-refractivity contribution in [2.24, 2.45) is 5.84 Å². The molecule has 0 saturated carbocycles. The molecular weight excluding hydrogens is 345 g/mol. The van der Waals surface area contributed by atoms with Crippen LogP contribution in [0.4, 0.5) is 13.2 Å². The lowest BCUT2D eigenvalue weighted by atomic mass is 9.97. The molecule has 112 valence electrons. The fraction of sp³-hybridized carbons (Fsp3) is 0.200. The summed E-state index contributed by atoms with van der Waals surface area (Å²) in [5.74, 6) is 3.57. The van der Waals surface area contributed by atoms with E-state index in [9.17, 15) is 13.2 Å². The minimum atomic E-state index is -0.733. The second-order valence-electron chi connectivity index (χ2n) is 4.77. The van der Waals surface area contributed by atoms with E-state index < -0.39 is 23.5 Å². The maximum absolute atomic E-state index is 14.0. The third-order valence-electron chi connectivity index (χ3n) is 3.28. The highest BCUT2D eigenvalue weighted by molar-refractivity contribution is 9.10. The number of hydrogen-bond donors (Lipinski definition) is 2. The molecule has 0 heterocycles. The summed E-state index contributed by atoms with van der Waals surface area (Å²) >= 11 is 3.01. The van der Waals surface area contributed by atoms with Gasteiger partial charge in [0.15, 0.2) is 0 Å². The van der Waals surface area contributed by atoms with Crippen molar-refractivity contribution in [1.82, 2.24) is 5.43 Å². The summed E-state index contributed by atoms with van der Waals surface area (Å²) in [6.07, 6.45) is -0.103. The number of hydrogen-bond acceptors (Lipinski definition) is 2. The van der Waals surface area contributed by atoms with Gasteiger partial charge in [0.05, 0.1) is 10.5 Å². The normalized spacial score (nSPS) is 12.5. The topological polar surface area (TPSA) is 38.0 Å². The lowest BCUT2D eigenvalue weighted by Gasteiger charge is -2.19. The lowest BCUT2D eigenvalue weighted by Crippen LogP contribution is -2.31. The Morgan fingerprint density at radius 1 is 1.14 bits per heavy atom. The largest absolute Gasteiger partial charge is 0.271 e. The van der Waals surface area contributed by atoms with Crippen LogP contribution in [0, 0.1) is 24.4 Å². The summed E-state index contributed by atoms with van der Waals surface area (Å²) in [6.45, 7) is 1.80. The maximum atomic E-state index is 14.0. The molecule has 0 aromatic heterocycles. The zero-order valence-electron chi connectivity index (χ0n) is 11.3. The van der Waals surface area contributed by atoms with Crippen molar-refractivity contribution in [1.29, 1.82) is 0 Å². The Kier molecular flexibility index (Phi) is 5.03. The lowest BCUT2D eigenvalue weighted by molar-refractivity contribution is 0.479. The molecular formula is C15H14BrF3N2. The van der Waals surface area contributed by atoms with Gasteiger partial charge in [0.2, 0.25) is 0 Å². The highest BCUT2D eigenvalue weighted by Crippen LogP contribution is 2.27. The van der Waals surface area contributed by atoms with E-state index >= 15 is 0 Å². The molecule has 0 radical (unpaired) electrons. The van der Waals surface area contributed by atoms with Crippen LogP contribution >= 0.6 is 15.9 Å². The molecule has 0 bridgehead atoms. The van der Waals surface area contributed by atoms with Crippen LogP contribution < -0.4 is 11.3 Å². The van der Waals surface area contributed by atoms with E-state index in [2.05, 4.69) is 21.4 Å². The van der Waals surface area contributed by atoms with Crippen molar-refractivity contribution in [2.75, 3.05) is 0 Å². The van der Waals surface area contributed by atoms with Crippen molar-refractivity contribution >= 4 is 15.9 Å². The van der Waals surface area contributed by atoms with Crippen molar-refractivity contribution in [2.45, 2.75) is 19.4 Å². The van der Waals surface area contributed by atoms with E-state index in [1.807, 2.05) is 0 Å². The number of halogens is 4. The first kappa shape index (κ1) is 16.0. The molecule has 21 heavy (non-hydrogen) atoms. The average Bonchev–Trinajstić information content (AvgIpc) is 2.46. The van der Waals surface area contributed by atoms with Gasteiger partial charge in [-0.05, 0) is 47.5 Å². The van der Waals surface area contributed by atoms with Gasteiger partial charge in [0.1, 0.15) is 17.5 Å². The van der Waals surface area contributed by atoms with Gasteiger partial charge in [0.25, 0.3) is 0 Å². The molecule has 2 nitrogen and oxygen atoms in total. The fourth-order valence-corrected chi connectivity index (χ4v) is 2.52. The molecule has 0 saturated heterocycles. The van der Waals surface area contributed by atoms with E-state index in [1.54, 1.807) is 19.1 Å². The average molecular weight is 359 g/mol. The summed E-state index contributed by atoms with van der Waals surface area (Å²) in [5, 5.41) is 0. The van der Waals surface area contributed by atoms with Crippen LogP contribution in [0.3, 0.4) is 0 Å². The van der Waals surface area contributed by atoms with Crippen LogP contribution in [0.15, 0.2) is 34.8 Å². The third kappa shape index (κ3) is 3.45. The molecule has 0 aliphatic heterocycles. The Bertz CT molecular complexity index is 662. The molecule has 2 aromatic rings. The number of nitrogens with two attached hydrogens (primary N) is 1. The van der Waals surface area contributed by atoms with Gasteiger partial charge >= 0.3 is 0 Å². The minimum Gasteiger partial charge on any atom is -0.271 e. The summed E-state index contributed by atoms with van der Waals surface area (Å²) in [5.41, 5.74) is 3.38. The Hall–Kier alpha value is -1.37. The second-order valence-corrected chi connectivity index (χ2v) is 5.62. The van der Waals surface area contributed by atoms with Gasteiger partial charge < -0.3 is 0 Å². The van der Waals surface area contributed by atoms with Gasteiger partial charge in [-0.2, -0.15) is 0 Å². The third-order valence-corrected chi connectivity index (χ3v) is 3.89. The predicted octanol–water partition coefficient (Wildman–Crippen LogP) is 3.92. The number of benzene rings is 2. The molecule has 1 atom stereocenters. The molecule has 0 fully saturated rings. The highest BCUT2D eigenvalue weighted by atomic mass is 79.9. The molecule has 2 aromatic carbocycles. The number of rotatable bonds is 4. The molecule has 1 unspecified atom stereocenters. The van der Waals surface area contributed by atoms with Gasteiger partial charge in [-0.15, -0.1) is 0 Å². The fourth-order valence-electron chi connectivity index (χ4n) is 2.15. The summed E-state index contributed by atoms with van der Waals surface area (Å²) in [7, 11) is 0. The first-order valence-corrected chi connectivity index (χ1v) is 7.08. The van der Waals surface area contributed by atoms with E-state index in [4.69, 9.17) is 5.84 Å². The molecule has 2 rings (SSSR count). The summed E-state index contributed by atoms with van der Waals surface area (Å²) in [6, 6.07) is 6.24. The predicted molar refractivity (Wildman–Crippen MR) is 79.0 cm³/mol. The molecule has 3 N–H and O–H groups in total. The molecule has 0 amide bonds. The summed E-state index contributed by atoms with van der Waals surface area (Å²) < 4.78 is 41.9. The van der Waals surface area contributed by atoms with Crippen LogP contribution in [-0.2, 0) is 6.42 Å². The van der Waals surface area contributed by atoms with E-state index in [-0.39, 0.29) is 22.0 Å². The minimum absolute atomic E-state index is 0.103. The standard InChI is InChI=1S/C15H14BrF3N2/c1-8-2-4-12(17)9(6-8)14(21-20)7-10-13(18)5-3-11(16)15(10)19/h2-6,14,21H,7,20H2,1H3. The summed E-state index contributed by atoms with van der Waals surface area (Å²) in [4.78, 5) is 0. The number of hydrazine groups is 1.